The lowest BCUT2D eigenvalue weighted by Gasteiger charge is -2.07. The molecular weight excluding hydrogens is 166 g/mol. The van der Waals surface area contributed by atoms with Gasteiger partial charge in [-0.1, -0.05) is 0 Å². The van der Waals surface area contributed by atoms with E-state index in [9.17, 15) is 4.21 Å². The van der Waals surface area contributed by atoms with Gasteiger partial charge >= 0.3 is 0 Å². The predicted octanol–water partition coefficient (Wildman–Crippen LogP) is -1.69. The maximum absolute atomic E-state index is 10.5. The van der Waals surface area contributed by atoms with Gasteiger partial charge in [0.15, 0.2) is 0 Å². The van der Waals surface area contributed by atoms with Crippen molar-refractivity contribution in [3.63, 3.8) is 0 Å². The summed E-state index contributed by atoms with van der Waals surface area (Å²) in [6.07, 6.45) is 0.921. The van der Waals surface area contributed by atoms with Gasteiger partial charge in [-0.25, -0.2) is 0 Å². The molecular formula is C6H15NO3S. The summed E-state index contributed by atoms with van der Waals surface area (Å²) < 4.78 is 10.5. The van der Waals surface area contributed by atoms with E-state index in [0.29, 0.717) is 18.8 Å². The monoisotopic (exact) mass is 181 g/mol. The number of aliphatic hydroxyl groups is 2. The van der Waals surface area contributed by atoms with Crippen LogP contribution in [0, 0.1) is 0 Å². The fourth-order valence-electron chi connectivity index (χ4n) is 0.549. The number of rotatable bonds is 6. The van der Waals surface area contributed by atoms with Crippen LogP contribution in [0.15, 0.2) is 0 Å². The van der Waals surface area contributed by atoms with E-state index < -0.39 is 16.9 Å². The molecule has 4 nitrogen and oxygen atoms in total. The summed E-state index contributed by atoms with van der Waals surface area (Å²) in [6, 6.07) is 0. The van der Waals surface area contributed by atoms with E-state index in [1.54, 1.807) is 6.26 Å². The SMILES string of the molecule is CS(=O)CCNC[C@H](O)CO. The first-order valence-electron chi connectivity index (χ1n) is 3.46. The fourth-order valence-corrected chi connectivity index (χ4v) is 0.981. The van der Waals surface area contributed by atoms with E-state index in [-0.39, 0.29) is 6.61 Å². The van der Waals surface area contributed by atoms with Gasteiger partial charge in [0.2, 0.25) is 0 Å². The molecule has 0 aliphatic carbocycles. The third kappa shape index (κ3) is 7.93. The number of hydrogen-bond acceptors (Lipinski definition) is 4. The molecule has 68 valence electrons. The van der Waals surface area contributed by atoms with Gasteiger partial charge in [0.1, 0.15) is 0 Å². The van der Waals surface area contributed by atoms with Crippen molar-refractivity contribution >= 4 is 10.8 Å². The van der Waals surface area contributed by atoms with Crippen LogP contribution in [0.5, 0.6) is 0 Å². The zero-order valence-electron chi connectivity index (χ0n) is 6.62. The highest BCUT2D eigenvalue weighted by Gasteiger charge is 1.99. The molecule has 0 amide bonds. The third-order valence-corrected chi connectivity index (χ3v) is 1.94. The molecule has 0 aliphatic rings. The van der Waals surface area contributed by atoms with Gasteiger partial charge in [-0.15, -0.1) is 0 Å². The van der Waals surface area contributed by atoms with E-state index >= 15 is 0 Å². The van der Waals surface area contributed by atoms with Crippen molar-refractivity contribution in [1.82, 2.24) is 5.32 Å². The molecule has 0 bridgehead atoms. The second-order valence-corrected chi connectivity index (χ2v) is 3.87. The summed E-state index contributed by atoms with van der Waals surface area (Å²) in [7, 11) is -0.789. The Kier molecular flexibility index (Phi) is 6.74. The Balaban J connectivity index is 3.08. The van der Waals surface area contributed by atoms with Crippen LogP contribution in [0.3, 0.4) is 0 Å². The van der Waals surface area contributed by atoms with Crippen LogP contribution in [-0.2, 0) is 10.8 Å². The van der Waals surface area contributed by atoms with Crippen molar-refractivity contribution in [2.24, 2.45) is 0 Å². The molecule has 0 aromatic heterocycles. The zero-order chi connectivity index (χ0) is 8.69. The highest BCUT2D eigenvalue weighted by molar-refractivity contribution is 7.84. The first-order valence-corrected chi connectivity index (χ1v) is 5.19. The summed E-state index contributed by atoms with van der Waals surface area (Å²) in [6.45, 7) is 0.732. The molecule has 0 aromatic rings. The Morgan fingerprint density at radius 3 is 2.73 bits per heavy atom. The van der Waals surface area contributed by atoms with Gasteiger partial charge < -0.3 is 15.5 Å². The number of hydrogen-bond donors (Lipinski definition) is 3. The molecule has 3 N–H and O–H groups in total. The van der Waals surface area contributed by atoms with E-state index in [1.807, 2.05) is 0 Å². The van der Waals surface area contributed by atoms with Crippen LogP contribution < -0.4 is 5.32 Å². The Morgan fingerprint density at radius 2 is 2.27 bits per heavy atom. The summed E-state index contributed by atoms with van der Waals surface area (Å²) in [5, 5.41) is 20.1. The maximum Gasteiger partial charge on any atom is 0.0894 e. The Bertz CT molecular complexity index is 120. The minimum atomic E-state index is -0.789. The molecule has 2 atom stereocenters. The van der Waals surface area contributed by atoms with E-state index in [4.69, 9.17) is 10.2 Å². The minimum absolute atomic E-state index is 0.234. The predicted molar refractivity (Wildman–Crippen MR) is 44.9 cm³/mol. The topological polar surface area (TPSA) is 69.6 Å². The molecule has 0 saturated carbocycles. The maximum atomic E-state index is 10.5. The van der Waals surface area contributed by atoms with Crippen molar-refractivity contribution in [2.75, 3.05) is 31.7 Å². The molecule has 5 heteroatoms. The summed E-state index contributed by atoms with van der Waals surface area (Å²) in [5.41, 5.74) is 0. The normalized spacial score (nSPS) is 16.3. The Hall–Kier alpha value is 0.0300. The highest BCUT2D eigenvalue weighted by atomic mass is 32.2. The number of aliphatic hydroxyl groups excluding tert-OH is 2. The lowest BCUT2D eigenvalue weighted by Crippen LogP contribution is -2.31. The average Bonchev–Trinajstić information content (AvgIpc) is 1.97. The largest absolute Gasteiger partial charge is 0.394 e. The molecule has 0 saturated heterocycles. The quantitative estimate of drug-likeness (QED) is 0.428. The van der Waals surface area contributed by atoms with Crippen molar-refractivity contribution in [2.45, 2.75) is 6.10 Å². The van der Waals surface area contributed by atoms with E-state index in [0.717, 1.165) is 0 Å². The molecule has 11 heavy (non-hydrogen) atoms. The van der Waals surface area contributed by atoms with E-state index in [1.165, 1.54) is 0 Å². The first kappa shape index (κ1) is 11.0. The van der Waals surface area contributed by atoms with Crippen molar-refractivity contribution in [3.05, 3.63) is 0 Å². The second-order valence-electron chi connectivity index (χ2n) is 2.32. The smallest absolute Gasteiger partial charge is 0.0894 e. The summed E-state index contributed by atoms with van der Waals surface area (Å²) in [4.78, 5) is 0. The molecule has 0 aliphatic heterocycles. The number of nitrogens with one attached hydrogen (secondary N) is 1. The van der Waals surface area contributed by atoms with Crippen molar-refractivity contribution in [1.29, 1.82) is 0 Å². The van der Waals surface area contributed by atoms with Crippen molar-refractivity contribution < 1.29 is 14.4 Å². The molecule has 0 aromatic carbocycles. The standard InChI is InChI=1S/C6H15NO3S/c1-11(10)3-2-7-4-6(9)5-8/h6-9H,2-5H2,1H3/t6-,11?/m0/s1. The van der Waals surface area contributed by atoms with Gasteiger partial charge in [0.25, 0.3) is 0 Å². The fraction of sp³-hybridized carbons (Fsp3) is 1.00. The molecule has 0 rings (SSSR count). The highest BCUT2D eigenvalue weighted by Crippen LogP contribution is 1.77. The second kappa shape index (κ2) is 6.72. The molecule has 0 fully saturated rings. The Morgan fingerprint density at radius 1 is 1.64 bits per heavy atom. The average molecular weight is 181 g/mol. The van der Waals surface area contributed by atoms with Crippen molar-refractivity contribution in [3.8, 4) is 0 Å². The first-order chi connectivity index (χ1) is 5.16. The summed E-state index contributed by atoms with van der Waals surface area (Å²) >= 11 is 0. The van der Waals surface area contributed by atoms with Gasteiger partial charge in [-0.2, -0.15) is 0 Å². The lowest BCUT2D eigenvalue weighted by atomic mass is 10.4. The van der Waals surface area contributed by atoms with E-state index in [2.05, 4.69) is 5.32 Å². The van der Waals surface area contributed by atoms with Crippen LogP contribution >= 0.6 is 0 Å². The van der Waals surface area contributed by atoms with Crippen LogP contribution in [0.1, 0.15) is 0 Å². The molecule has 0 heterocycles. The molecule has 1 unspecified atom stereocenters. The summed E-state index contributed by atoms with van der Waals surface area (Å²) in [5.74, 6) is 0.581. The van der Waals surface area contributed by atoms with Gasteiger partial charge in [-0.3, -0.25) is 4.21 Å². The molecule has 0 radical (unpaired) electrons. The van der Waals surface area contributed by atoms with Crippen LogP contribution in [0.25, 0.3) is 0 Å². The molecule has 0 spiro atoms. The Labute approximate surface area is 69.1 Å². The minimum Gasteiger partial charge on any atom is -0.394 e. The van der Waals surface area contributed by atoms with Crippen LogP contribution in [-0.4, -0.2) is 52.2 Å². The van der Waals surface area contributed by atoms with Crippen LogP contribution in [0.2, 0.25) is 0 Å². The zero-order valence-corrected chi connectivity index (χ0v) is 7.43. The van der Waals surface area contributed by atoms with Gasteiger partial charge in [0, 0.05) is 35.9 Å². The lowest BCUT2D eigenvalue weighted by molar-refractivity contribution is 0.0950. The van der Waals surface area contributed by atoms with Gasteiger partial charge in [0.05, 0.1) is 12.7 Å². The third-order valence-electron chi connectivity index (χ3n) is 1.16. The van der Waals surface area contributed by atoms with Crippen LogP contribution in [0.4, 0.5) is 0 Å². The van der Waals surface area contributed by atoms with Gasteiger partial charge in [-0.05, 0) is 0 Å².